The zero-order valence-electron chi connectivity index (χ0n) is 12.2. The third-order valence-corrected chi connectivity index (χ3v) is 5.03. The molecule has 0 heterocycles. The molecule has 1 aromatic carbocycles. The summed E-state index contributed by atoms with van der Waals surface area (Å²) in [5.74, 6) is 0. The Bertz CT molecular complexity index is 506. The summed E-state index contributed by atoms with van der Waals surface area (Å²) in [4.78, 5) is 1.03. The summed E-state index contributed by atoms with van der Waals surface area (Å²) in [5.41, 5.74) is 0.593. The molecule has 0 aliphatic rings. The number of nitrogens with one attached hydrogen (secondary N) is 2. The second-order valence-electron chi connectivity index (χ2n) is 4.37. The van der Waals surface area contributed by atoms with E-state index in [9.17, 15) is 8.42 Å². The normalized spacial score (nSPS) is 11.8. The molecule has 0 aromatic heterocycles. The summed E-state index contributed by atoms with van der Waals surface area (Å²) >= 11 is 1.58. The minimum atomic E-state index is -3.48. The molecule has 20 heavy (non-hydrogen) atoms. The summed E-state index contributed by atoms with van der Waals surface area (Å²) in [7, 11) is -1.89. The van der Waals surface area contributed by atoms with Gasteiger partial charge >= 0.3 is 10.2 Å². The van der Waals surface area contributed by atoms with Gasteiger partial charge in [0.25, 0.3) is 0 Å². The molecule has 114 valence electrons. The number of nitrogens with zero attached hydrogens (tertiary/aromatic N) is 1. The standard InChI is InChI=1S/C13H23N3O2S2/c1-4-14-9-6-10-16(2)20(17,18)15-12-7-5-8-13(11-12)19-3/h5,7-8,11,14-15H,4,6,9-10H2,1-3H3. The van der Waals surface area contributed by atoms with Crippen molar-refractivity contribution in [2.45, 2.75) is 18.2 Å². The summed E-state index contributed by atoms with van der Waals surface area (Å²) in [6.07, 6.45) is 2.75. The molecule has 0 atom stereocenters. The highest BCUT2D eigenvalue weighted by molar-refractivity contribution is 7.98. The maximum atomic E-state index is 12.2. The van der Waals surface area contributed by atoms with Crippen molar-refractivity contribution >= 4 is 27.7 Å². The lowest BCUT2D eigenvalue weighted by Gasteiger charge is -2.18. The van der Waals surface area contributed by atoms with Gasteiger partial charge in [-0.2, -0.15) is 12.7 Å². The van der Waals surface area contributed by atoms with Crippen LogP contribution in [0, 0.1) is 0 Å². The van der Waals surface area contributed by atoms with Gasteiger partial charge in [-0.1, -0.05) is 13.0 Å². The first-order valence-electron chi connectivity index (χ1n) is 6.58. The molecule has 0 spiro atoms. The van der Waals surface area contributed by atoms with Gasteiger partial charge < -0.3 is 5.32 Å². The number of thioether (sulfide) groups is 1. The zero-order chi connectivity index (χ0) is 15.0. The molecule has 1 rings (SSSR count). The van der Waals surface area contributed by atoms with Crippen LogP contribution in [-0.4, -0.2) is 45.7 Å². The van der Waals surface area contributed by atoms with Gasteiger partial charge in [-0.05, 0) is 44.0 Å². The minimum Gasteiger partial charge on any atom is -0.317 e. The first-order chi connectivity index (χ1) is 9.49. The predicted octanol–water partition coefficient (Wildman–Crippen LogP) is 2.00. The Kier molecular flexibility index (Phi) is 7.36. The fraction of sp³-hybridized carbons (Fsp3) is 0.538. The van der Waals surface area contributed by atoms with Crippen LogP contribution in [0.25, 0.3) is 0 Å². The molecule has 0 amide bonds. The van der Waals surface area contributed by atoms with Crippen LogP contribution in [0.15, 0.2) is 29.2 Å². The second-order valence-corrected chi connectivity index (χ2v) is 7.02. The molecule has 7 heteroatoms. The quantitative estimate of drug-likeness (QED) is 0.540. The third kappa shape index (κ3) is 5.70. The van der Waals surface area contributed by atoms with E-state index in [1.54, 1.807) is 24.9 Å². The van der Waals surface area contributed by atoms with Crippen molar-refractivity contribution in [2.24, 2.45) is 0 Å². The van der Waals surface area contributed by atoms with Gasteiger partial charge in [-0.3, -0.25) is 4.72 Å². The maximum Gasteiger partial charge on any atom is 0.301 e. The Hall–Kier alpha value is -0.760. The van der Waals surface area contributed by atoms with Gasteiger partial charge in [0, 0.05) is 18.5 Å². The van der Waals surface area contributed by atoms with E-state index in [0.29, 0.717) is 12.2 Å². The Morgan fingerprint density at radius 1 is 1.35 bits per heavy atom. The van der Waals surface area contributed by atoms with Crippen LogP contribution in [0.4, 0.5) is 5.69 Å². The average molecular weight is 317 g/mol. The Labute approximate surface area is 126 Å². The number of benzene rings is 1. The van der Waals surface area contributed by atoms with Crippen molar-refractivity contribution in [3.05, 3.63) is 24.3 Å². The Morgan fingerprint density at radius 3 is 2.75 bits per heavy atom. The molecular weight excluding hydrogens is 294 g/mol. The molecule has 5 nitrogen and oxygen atoms in total. The minimum absolute atomic E-state index is 0.491. The molecule has 0 radical (unpaired) electrons. The van der Waals surface area contributed by atoms with Crippen LogP contribution in [-0.2, 0) is 10.2 Å². The van der Waals surface area contributed by atoms with E-state index in [2.05, 4.69) is 10.0 Å². The van der Waals surface area contributed by atoms with E-state index in [1.807, 2.05) is 31.4 Å². The van der Waals surface area contributed by atoms with Gasteiger partial charge in [0.2, 0.25) is 0 Å². The predicted molar refractivity (Wildman–Crippen MR) is 86.6 cm³/mol. The van der Waals surface area contributed by atoms with Crippen LogP contribution in [0.5, 0.6) is 0 Å². The van der Waals surface area contributed by atoms with Crippen LogP contribution in [0.3, 0.4) is 0 Å². The lowest BCUT2D eigenvalue weighted by molar-refractivity contribution is 0.459. The highest BCUT2D eigenvalue weighted by atomic mass is 32.2. The molecule has 0 bridgehead atoms. The summed E-state index contributed by atoms with van der Waals surface area (Å²) in [5, 5.41) is 3.18. The lowest BCUT2D eigenvalue weighted by Crippen LogP contribution is -2.34. The first kappa shape index (κ1) is 17.3. The van der Waals surface area contributed by atoms with Crippen molar-refractivity contribution in [1.29, 1.82) is 0 Å². The fourth-order valence-corrected chi connectivity index (χ4v) is 3.05. The van der Waals surface area contributed by atoms with Gasteiger partial charge in [0.05, 0.1) is 5.69 Å². The zero-order valence-corrected chi connectivity index (χ0v) is 13.9. The van der Waals surface area contributed by atoms with E-state index < -0.39 is 10.2 Å². The highest BCUT2D eigenvalue weighted by Gasteiger charge is 2.16. The first-order valence-corrected chi connectivity index (χ1v) is 9.25. The summed E-state index contributed by atoms with van der Waals surface area (Å²) in [6, 6.07) is 7.37. The van der Waals surface area contributed by atoms with Crippen molar-refractivity contribution in [3.63, 3.8) is 0 Å². The molecule has 0 unspecified atom stereocenters. The van der Waals surface area contributed by atoms with Crippen LogP contribution >= 0.6 is 11.8 Å². The van der Waals surface area contributed by atoms with Gasteiger partial charge in [0.15, 0.2) is 0 Å². The maximum absolute atomic E-state index is 12.2. The number of hydrogen-bond donors (Lipinski definition) is 2. The van der Waals surface area contributed by atoms with Gasteiger partial charge in [-0.15, -0.1) is 11.8 Å². The molecule has 0 aliphatic carbocycles. The number of rotatable bonds is 9. The van der Waals surface area contributed by atoms with Crippen LogP contribution < -0.4 is 10.0 Å². The monoisotopic (exact) mass is 317 g/mol. The molecule has 0 saturated carbocycles. The Morgan fingerprint density at radius 2 is 2.10 bits per heavy atom. The van der Waals surface area contributed by atoms with Crippen molar-refractivity contribution in [1.82, 2.24) is 9.62 Å². The van der Waals surface area contributed by atoms with Gasteiger partial charge in [-0.25, -0.2) is 0 Å². The van der Waals surface area contributed by atoms with E-state index in [4.69, 9.17) is 0 Å². The molecule has 0 aliphatic heterocycles. The molecule has 2 N–H and O–H groups in total. The van der Waals surface area contributed by atoms with Crippen molar-refractivity contribution < 1.29 is 8.42 Å². The lowest BCUT2D eigenvalue weighted by atomic mass is 10.3. The largest absolute Gasteiger partial charge is 0.317 e. The fourth-order valence-electron chi connectivity index (χ4n) is 1.64. The van der Waals surface area contributed by atoms with Crippen LogP contribution in [0.2, 0.25) is 0 Å². The van der Waals surface area contributed by atoms with E-state index in [-0.39, 0.29) is 0 Å². The van der Waals surface area contributed by atoms with Gasteiger partial charge in [0.1, 0.15) is 0 Å². The van der Waals surface area contributed by atoms with E-state index in [1.165, 1.54) is 4.31 Å². The van der Waals surface area contributed by atoms with Crippen LogP contribution in [0.1, 0.15) is 13.3 Å². The molecule has 1 aromatic rings. The number of hydrogen-bond acceptors (Lipinski definition) is 4. The van der Waals surface area contributed by atoms with E-state index >= 15 is 0 Å². The van der Waals surface area contributed by atoms with Crippen molar-refractivity contribution in [3.8, 4) is 0 Å². The molecule has 0 fully saturated rings. The summed E-state index contributed by atoms with van der Waals surface area (Å²) in [6.45, 7) is 4.24. The van der Waals surface area contributed by atoms with Crippen molar-refractivity contribution in [2.75, 3.05) is 37.7 Å². The smallest absolute Gasteiger partial charge is 0.301 e. The second kappa shape index (κ2) is 8.51. The topological polar surface area (TPSA) is 61.4 Å². The molecular formula is C13H23N3O2S2. The SMILES string of the molecule is CCNCCCN(C)S(=O)(=O)Nc1cccc(SC)c1. The Balaban J connectivity index is 2.59. The third-order valence-electron chi connectivity index (χ3n) is 2.80. The summed E-state index contributed by atoms with van der Waals surface area (Å²) < 4.78 is 28.2. The molecule has 0 saturated heterocycles. The highest BCUT2D eigenvalue weighted by Crippen LogP contribution is 2.20. The average Bonchev–Trinajstić information content (AvgIpc) is 2.43. The van der Waals surface area contributed by atoms with E-state index in [0.717, 1.165) is 24.4 Å². The number of anilines is 1.